The summed E-state index contributed by atoms with van der Waals surface area (Å²) in [6, 6.07) is 3.04. The maximum Gasteiger partial charge on any atom is 0.279 e. The lowest BCUT2D eigenvalue weighted by Crippen LogP contribution is -2.31. The van der Waals surface area contributed by atoms with Crippen molar-refractivity contribution in [2.24, 2.45) is 5.41 Å². The van der Waals surface area contributed by atoms with Gasteiger partial charge in [0.1, 0.15) is 0 Å². The van der Waals surface area contributed by atoms with Crippen LogP contribution in [0.3, 0.4) is 0 Å². The van der Waals surface area contributed by atoms with Crippen LogP contribution in [0.5, 0.6) is 0 Å². The molecule has 0 spiro atoms. The number of halogens is 2. The molecule has 0 bridgehead atoms. The molecular weight excluding hydrogens is 184 g/mol. The largest absolute Gasteiger partial charge is 0.279 e. The van der Waals surface area contributed by atoms with Crippen LogP contribution < -0.4 is 0 Å². The van der Waals surface area contributed by atoms with Crippen LogP contribution in [0.2, 0.25) is 0 Å². The van der Waals surface area contributed by atoms with Crippen molar-refractivity contribution in [3.8, 4) is 0 Å². The summed E-state index contributed by atoms with van der Waals surface area (Å²) in [4.78, 5) is 3.88. The second-order valence-electron chi connectivity index (χ2n) is 4.51. The average molecular weight is 199 g/mol. The lowest BCUT2D eigenvalue weighted by atomic mass is 9.84. The Morgan fingerprint density at radius 2 is 1.71 bits per heavy atom. The molecular formula is C11H15F2N. The van der Waals surface area contributed by atoms with Crippen LogP contribution in [0.1, 0.15) is 32.0 Å². The minimum atomic E-state index is -2.84. The lowest BCUT2D eigenvalue weighted by molar-refractivity contribution is -0.104. The van der Waals surface area contributed by atoms with Crippen molar-refractivity contribution in [2.75, 3.05) is 0 Å². The highest BCUT2D eigenvalue weighted by Gasteiger charge is 2.44. The Morgan fingerprint density at radius 3 is 2.07 bits per heavy atom. The maximum atomic E-state index is 13.8. The molecule has 0 atom stereocenters. The monoisotopic (exact) mass is 199 g/mol. The first kappa shape index (κ1) is 11.1. The topological polar surface area (TPSA) is 12.9 Å². The summed E-state index contributed by atoms with van der Waals surface area (Å²) in [5, 5.41) is 0. The van der Waals surface area contributed by atoms with Crippen molar-refractivity contribution in [3.05, 3.63) is 29.6 Å². The zero-order valence-electron chi connectivity index (χ0n) is 8.94. The average Bonchev–Trinajstić information content (AvgIpc) is 2.03. The molecule has 3 heteroatoms. The second-order valence-corrected chi connectivity index (χ2v) is 4.51. The van der Waals surface area contributed by atoms with Crippen LogP contribution >= 0.6 is 0 Å². The van der Waals surface area contributed by atoms with Gasteiger partial charge < -0.3 is 0 Å². The number of aryl methyl sites for hydroxylation is 1. The van der Waals surface area contributed by atoms with Gasteiger partial charge in [0.25, 0.3) is 5.92 Å². The van der Waals surface area contributed by atoms with Gasteiger partial charge in [0, 0.05) is 22.9 Å². The van der Waals surface area contributed by atoms with Crippen molar-refractivity contribution in [2.45, 2.75) is 33.6 Å². The molecule has 1 nitrogen and oxygen atoms in total. The van der Waals surface area contributed by atoms with Gasteiger partial charge in [-0.05, 0) is 19.1 Å². The fourth-order valence-corrected chi connectivity index (χ4v) is 1.09. The summed E-state index contributed by atoms with van der Waals surface area (Å²) in [5.41, 5.74) is -0.349. The van der Waals surface area contributed by atoms with Crippen molar-refractivity contribution in [1.29, 1.82) is 0 Å². The molecule has 0 amide bonds. The summed E-state index contributed by atoms with van der Waals surface area (Å²) < 4.78 is 27.5. The Labute approximate surface area is 83.2 Å². The molecule has 0 aliphatic rings. The third-order valence-corrected chi connectivity index (χ3v) is 2.22. The number of hydrogen-bond donors (Lipinski definition) is 0. The molecule has 0 radical (unpaired) electrons. The molecule has 14 heavy (non-hydrogen) atoms. The van der Waals surface area contributed by atoms with Gasteiger partial charge in [-0.2, -0.15) is 0 Å². The Hall–Kier alpha value is -0.990. The van der Waals surface area contributed by atoms with E-state index in [9.17, 15) is 8.78 Å². The van der Waals surface area contributed by atoms with Gasteiger partial charge in [-0.25, -0.2) is 8.78 Å². The number of aromatic nitrogens is 1. The van der Waals surface area contributed by atoms with Crippen LogP contribution in [-0.4, -0.2) is 4.98 Å². The summed E-state index contributed by atoms with van der Waals surface area (Å²) in [7, 11) is 0. The van der Waals surface area contributed by atoms with Crippen LogP contribution in [0.25, 0.3) is 0 Å². The number of rotatable bonds is 1. The van der Waals surface area contributed by atoms with Gasteiger partial charge in [-0.15, -0.1) is 0 Å². The van der Waals surface area contributed by atoms with Gasteiger partial charge in [0.15, 0.2) is 0 Å². The van der Waals surface area contributed by atoms with Crippen LogP contribution in [0.15, 0.2) is 18.3 Å². The Kier molecular flexibility index (Phi) is 2.61. The molecule has 1 rings (SSSR count). The zero-order valence-corrected chi connectivity index (χ0v) is 8.94. The molecule has 1 aromatic heterocycles. The molecule has 1 aromatic rings. The molecule has 0 aromatic carbocycles. The molecule has 0 saturated carbocycles. The Bertz CT molecular complexity index is 309. The standard InChI is InChI=1S/C11H15F2N/c1-8-5-6-9(7-14-8)11(12,13)10(2,3)4/h5-7H,1-4H3. The first-order chi connectivity index (χ1) is 6.25. The maximum absolute atomic E-state index is 13.8. The highest BCUT2D eigenvalue weighted by atomic mass is 19.3. The van der Waals surface area contributed by atoms with E-state index in [1.54, 1.807) is 13.0 Å². The molecule has 1 heterocycles. The van der Waals surface area contributed by atoms with Crippen LogP contribution in [0.4, 0.5) is 8.78 Å². The van der Waals surface area contributed by atoms with E-state index in [0.29, 0.717) is 0 Å². The summed E-state index contributed by atoms with van der Waals surface area (Å²) in [6.07, 6.45) is 1.25. The third-order valence-electron chi connectivity index (χ3n) is 2.22. The smallest absolute Gasteiger partial charge is 0.261 e. The Morgan fingerprint density at radius 1 is 1.14 bits per heavy atom. The lowest BCUT2D eigenvalue weighted by Gasteiger charge is -2.30. The van der Waals surface area contributed by atoms with Crippen molar-refractivity contribution < 1.29 is 8.78 Å². The normalized spacial score (nSPS) is 13.0. The van der Waals surface area contributed by atoms with E-state index in [0.717, 1.165) is 5.69 Å². The van der Waals surface area contributed by atoms with E-state index in [4.69, 9.17) is 0 Å². The van der Waals surface area contributed by atoms with E-state index in [2.05, 4.69) is 4.98 Å². The fourth-order valence-electron chi connectivity index (χ4n) is 1.09. The number of hydrogen-bond acceptors (Lipinski definition) is 1. The SMILES string of the molecule is Cc1ccc(C(F)(F)C(C)(C)C)cn1. The van der Waals surface area contributed by atoms with E-state index >= 15 is 0 Å². The highest BCUT2D eigenvalue weighted by Crippen LogP contribution is 2.43. The van der Waals surface area contributed by atoms with Crippen LogP contribution in [0, 0.1) is 12.3 Å². The first-order valence-electron chi connectivity index (χ1n) is 4.56. The predicted molar refractivity (Wildman–Crippen MR) is 52.3 cm³/mol. The minimum Gasteiger partial charge on any atom is -0.261 e. The quantitative estimate of drug-likeness (QED) is 0.674. The summed E-state index contributed by atoms with van der Waals surface area (Å²) in [6.45, 7) is 6.34. The number of pyridine rings is 1. The molecule has 0 aliphatic carbocycles. The van der Waals surface area contributed by atoms with E-state index in [1.165, 1.54) is 33.0 Å². The third kappa shape index (κ3) is 1.91. The molecule has 0 aliphatic heterocycles. The number of nitrogens with zero attached hydrogens (tertiary/aromatic N) is 1. The van der Waals surface area contributed by atoms with Gasteiger partial charge in [0.05, 0.1) is 0 Å². The van der Waals surface area contributed by atoms with E-state index in [-0.39, 0.29) is 5.56 Å². The molecule has 0 fully saturated rings. The second kappa shape index (κ2) is 3.30. The minimum absolute atomic E-state index is 0.0180. The molecule has 0 unspecified atom stereocenters. The van der Waals surface area contributed by atoms with Crippen molar-refractivity contribution in [3.63, 3.8) is 0 Å². The van der Waals surface area contributed by atoms with E-state index < -0.39 is 11.3 Å². The predicted octanol–water partition coefficient (Wildman–Crippen LogP) is 3.53. The first-order valence-corrected chi connectivity index (χ1v) is 4.56. The van der Waals surface area contributed by atoms with Crippen LogP contribution in [-0.2, 0) is 5.92 Å². The van der Waals surface area contributed by atoms with Gasteiger partial charge in [-0.3, -0.25) is 4.98 Å². The number of alkyl halides is 2. The van der Waals surface area contributed by atoms with Crippen molar-refractivity contribution >= 4 is 0 Å². The summed E-state index contributed by atoms with van der Waals surface area (Å²) >= 11 is 0. The fraction of sp³-hybridized carbons (Fsp3) is 0.545. The molecule has 0 saturated heterocycles. The molecule has 0 N–H and O–H groups in total. The van der Waals surface area contributed by atoms with E-state index in [1.807, 2.05) is 0 Å². The van der Waals surface area contributed by atoms with Gasteiger partial charge in [0.2, 0.25) is 0 Å². The van der Waals surface area contributed by atoms with Gasteiger partial charge >= 0.3 is 0 Å². The molecule has 78 valence electrons. The zero-order chi connectivity index (χ0) is 11.0. The van der Waals surface area contributed by atoms with Crippen molar-refractivity contribution in [1.82, 2.24) is 4.98 Å². The highest BCUT2D eigenvalue weighted by molar-refractivity contribution is 5.20. The van der Waals surface area contributed by atoms with Gasteiger partial charge in [-0.1, -0.05) is 20.8 Å². The Balaban J connectivity index is 3.10. The summed E-state index contributed by atoms with van der Waals surface area (Å²) in [5.74, 6) is -2.84.